The molecule has 6 heteroatoms. The standard InChI is InChI=1S/C23H30N4O2/c1-17(22(28)24-2)26-21-11-10-20(16-25-21)23(29)27-14-12-19(13-15-27)9-8-18-6-4-3-5-7-18/h3-7,10-11,16-17,19H,8-9,12-15H2,1-2H3,(H,24,28)(H,25,26)/t17-/m0/s1. The second-order valence-corrected chi connectivity index (χ2v) is 7.67. The van der Waals surface area contributed by atoms with Gasteiger partial charge < -0.3 is 15.5 Å². The molecular weight excluding hydrogens is 364 g/mol. The number of rotatable bonds is 7. The fourth-order valence-electron chi connectivity index (χ4n) is 3.73. The van der Waals surface area contributed by atoms with Gasteiger partial charge in [0.05, 0.1) is 5.56 Å². The van der Waals surface area contributed by atoms with Crippen LogP contribution in [0.2, 0.25) is 0 Å². The molecule has 1 aliphatic heterocycles. The number of pyridine rings is 1. The van der Waals surface area contributed by atoms with Crippen LogP contribution >= 0.6 is 0 Å². The van der Waals surface area contributed by atoms with Gasteiger partial charge in [0.15, 0.2) is 0 Å². The number of amides is 2. The average molecular weight is 395 g/mol. The van der Waals surface area contributed by atoms with Crippen molar-refractivity contribution in [1.29, 1.82) is 0 Å². The molecule has 2 amide bonds. The molecule has 1 aromatic heterocycles. The van der Waals surface area contributed by atoms with Crippen LogP contribution in [-0.4, -0.2) is 47.9 Å². The Morgan fingerprint density at radius 3 is 2.48 bits per heavy atom. The summed E-state index contributed by atoms with van der Waals surface area (Å²) >= 11 is 0. The minimum absolute atomic E-state index is 0.0323. The lowest BCUT2D eigenvalue weighted by atomic mass is 9.90. The summed E-state index contributed by atoms with van der Waals surface area (Å²) in [4.78, 5) is 30.6. The van der Waals surface area contributed by atoms with Crippen molar-refractivity contribution in [2.24, 2.45) is 5.92 Å². The zero-order chi connectivity index (χ0) is 20.6. The number of likely N-dealkylation sites (tertiary alicyclic amines) is 1. The van der Waals surface area contributed by atoms with E-state index in [1.165, 1.54) is 12.0 Å². The van der Waals surface area contributed by atoms with Crippen LogP contribution in [0.5, 0.6) is 0 Å². The van der Waals surface area contributed by atoms with E-state index in [1.54, 1.807) is 32.3 Å². The molecule has 154 valence electrons. The van der Waals surface area contributed by atoms with Gasteiger partial charge in [0.1, 0.15) is 11.9 Å². The van der Waals surface area contributed by atoms with Crippen LogP contribution in [0.3, 0.4) is 0 Å². The second-order valence-electron chi connectivity index (χ2n) is 7.67. The molecule has 2 aromatic rings. The molecule has 6 nitrogen and oxygen atoms in total. The van der Waals surface area contributed by atoms with Crippen LogP contribution in [-0.2, 0) is 11.2 Å². The number of nitrogens with one attached hydrogen (secondary N) is 2. The van der Waals surface area contributed by atoms with Gasteiger partial charge in [-0.1, -0.05) is 30.3 Å². The highest BCUT2D eigenvalue weighted by molar-refractivity contribution is 5.94. The fraction of sp³-hybridized carbons (Fsp3) is 0.435. The average Bonchev–Trinajstić information content (AvgIpc) is 2.78. The van der Waals surface area contributed by atoms with Crippen LogP contribution in [0, 0.1) is 5.92 Å². The van der Waals surface area contributed by atoms with Crippen LogP contribution in [0.25, 0.3) is 0 Å². The number of aromatic nitrogens is 1. The molecule has 1 aliphatic rings. The first-order valence-corrected chi connectivity index (χ1v) is 10.3. The van der Waals surface area contributed by atoms with Crippen LogP contribution in [0.15, 0.2) is 48.7 Å². The van der Waals surface area contributed by atoms with Gasteiger partial charge in [-0.3, -0.25) is 9.59 Å². The summed E-state index contributed by atoms with van der Waals surface area (Å²) < 4.78 is 0. The van der Waals surface area contributed by atoms with Gasteiger partial charge in [-0.05, 0) is 56.2 Å². The molecule has 0 aliphatic carbocycles. The minimum atomic E-state index is -0.385. The van der Waals surface area contributed by atoms with E-state index < -0.39 is 0 Å². The maximum absolute atomic E-state index is 12.8. The molecule has 1 aromatic carbocycles. The van der Waals surface area contributed by atoms with Crippen molar-refractivity contribution in [2.45, 2.75) is 38.6 Å². The largest absolute Gasteiger partial charge is 0.359 e. The molecule has 0 unspecified atom stereocenters. The summed E-state index contributed by atoms with van der Waals surface area (Å²) in [5.74, 6) is 1.18. The highest BCUT2D eigenvalue weighted by Gasteiger charge is 2.23. The van der Waals surface area contributed by atoms with Gasteiger partial charge in [-0.15, -0.1) is 0 Å². The monoisotopic (exact) mass is 394 g/mol. The van der Waals surface area contributed by atoms with E-state index in [1.807, 2.05) is 11.0 Å². The first-order valence-electron chi connectivity index (χ1n) is 10.3. The number of carbonyl (C=O) groups is 2. The predicted molar refractivity (Wildman–Crippen MR) is 115 cm³/mol. The molecular formula is C23H30N4O2. The topological polar surface area (TPSA) is 74.3 Å². The Balaban J connectivity index is 1.47. The number of hydrogen-bond acceptors (Lipinski definition) is 4. The highest BCUT2D eigenvalue weighted by Crippen LogP contribution is 2.23. The van der Waals surface area contributed by atoms with Crippen molar-refractivity contribution < 1.29 is 9.59 Å². The Bertz CT molecular complexity index is 799. The van der Waals surface area contributed by atoms with Gasteiger partial charge in [-0.25, -0.2) is 4.98 Å². The summed E-state index contributed by atoms with van der Waals surface area (Å²) in [5.41, 5.74) is 1.97. The summed E-state index contributed by atoms with van der Waals surface area (Å²) in [6.07, 6.45) is 5.97. The number of anilines is 1. The van der Waals surface area contributed by atoms with Crippen LogP contribution < -0.4 is 10.6 Å². The van der Waals surface area contributed by atoms with E-state index >= 15 is 0 Å². The summed E-state index contributed by atoms with van der Waals surface area (Å²) in [6, 6.07) is 13.7. The number of carbonyl (C=O) groups excluding carboxylic acids is 2. The van der Waals surface area contributed by atoms with Crippen LogP contribution in [0.4, 0.5) is 5.82 Å². The number of hydrogen-bond donors (Lipinski definition) is 2. The molecule has 1 fully saturated rings. The molecule has 2 heterocycles. The molecule has 1 saturated heterocycles. The summed E-state index contributed by atoms with van der Waals surface area (Å²) in [6.45, 7) is 3.36. The SMILES string of the molecule is CNC(=O)[C@H](C)Nc1ccc(C(=O)N2CCC(CCc3ccccc3)CC2)cn1. The summed E-state index contributed by atoms with van der Waals surface area (Å²) in [7, 11) is 1.60. The summed E-state index contributed by atoms with van der Waals surface area (Å²) in [5, 5.41) is 5.61. The third kappa shape index (κ3) is 5.79. The van der Waals surface area contributed by atoms with E-state index in [2.05, 4.69) is 39.9 Å². The number of likely N-dealkylation sites (N-methyl/N-ethyl adjacent to an activating group) is 1. The molecule has 2 N–H and O–H groups in total. The predicted octanol–water partition coefficient (Wildman–Crippen LogP) is 3.11. The van der Waals surface area contributed by atoms with Crippen molar-refractivity contribution in [2.75, 3.05) is 25.5 Å². The van der Waals surface area contributed by atoms with E-state index in [0.717, 1.165) is 32.4 Å². The van der Waals surface area contributed by atoms with E-state index in [0.29, 0.717) is 17.3 Å². The number of nitrogens with zero attached hydrogens (tertiary/aromatic N) is 2. The lowest BCUT2D eigenvalue weighted by Gasteiger charge is -2.32. The smallest absolute Gasteiger partial charge is 0.255 e. The second kappa shape index (κ2) is 10.0. The zero-order valence-electron chi connectivity index (χ0n) is 17.2. The van der Waals surface area contributed by atoms with Crippen molar-refractivity contribution in [3.63, 3.8) is 0 Å². The lowest BCUT2D eigenvalue weighted by molar-refractivity contribution is -0.121. The molecule has 0 saturated carbocycles. The number of benzene rings is 1. The Morgan fingerprint density at radius 1 is 1.14 bits per heavy atom. The molecule has 29 heavy (non-hydrogen) atoms. The molecule has 0 radical (unpaired) electrons. The van der Waals surface area contributed by atoms with Crippen molar-refractivity contribution >= 4 is 17.6 Å². The first kappa shape index (κ1) is 20.8. The third-order valence-corrected chi connectivity index (χ3v) is 5.60. The maximum atomic E-state index is 12.8. The Kier molecular flexibility index (Phi) is 7.22. The van der Waals surface area contributed by atoms with Crippen molar-refractivity contribution in [1.82, 2.24) is 15.2 Å². The Morgan fingerprint density at radius 2 is 1.86 bits per heavy atom. The van der Waals surface area contributed by atoms with Gasteiger partial charge in [0.25, 0.3) is 5.91 Å². The lowest BCUT2D eigenvalue weighted by Crippen LogP contribution is -2.38. The molecule has 1 atom stereocenters. The first-order chi connectivity index (χ1) is 14.1. The maximum Gasteiger partial charge on any atom is 0.255 e. The van der Waals surface area contributed by atoms with E-state index in [4.69, 9.17) is 0 Å². The van der Waals surface area contributed by atoms with Crippen molar-refractivity contribution in [3.05, 3.63) is 59.8 Å². The van der Waals surface area contributed by atoms with Gasteiger partial charge in [-0.2, -0.15) is 0 Å². The van der Waals surface area contributed by atoms with Crippen molar-refractivity contribution in [3.8, 4) is 0 Å². The zero-order valence-corrected chi connectivity index (χ0v) is 17.2. The van der Waals surface area contributed by atoms with E-state index in [9.17, 15) is 9.59 Å². The third-order valence-electron chi connectivity index (χ3n) is 5.60. The molecule has 3 rings (SSSR count). The number of piperidine rings is 1. The van der Waals surface area contributed by atoms with Gasteiger partial charge in [0.2, 0.25) is 5.91 Å². The Labute approximate surface area is 172 Å². The molecule has 0 spiro atoms. The van der Waals surface area contributed by atoms with E-state index in [-0.39, 0.29) is 17.9 Å². The number of aryl methyl sites for hydroxylation is 1. The van der Waals surface area contributed by atoms with Crippen LogP contribution in [0.1, 0.15) is 42.1 Å². The quantitative estimate of drug-likeness (QED) is 0.757. The highest BCUT2D eigenvalue weighted by atomic mass is 16.2. The minimum Gasteiger partial charge on any atom is -0.359 e. The molecule has 0 bridgehead atoms. The normalized spacial score (nSPS) is 15.6. The Hall–Kier alpha value is -2.89. The van der Waals surface area contributed by atoms with Gasteiger partial charge >= 0.3 is 0 Å². The fourth-order valence-corrected chi connectivity index (χ4v) is 3.73. The van der Waals surface area contributed by atoms with Gasteiger partial charge in [0, 0.05) is 26.3 Å².